The van der Waals surface area contributed by atoms with Crippen LogP contribution in [0.3, 0.4) is 0 Å². The molecular formula is C27H26F2N6O3. The highest BCUT2D eigenvalue weighted by Crippen LogP contribution is 2.48. The van der Waals surface area contributed by atoms with E-state index in [0.717, 1.165) is 44.5 Å². The van der Waals surface area contributed by atoms with E-state index in [1.807, 2.05) is 18.3 Å². The second-order valence-electron chi connectivity index (χ2n) is 10.6. The molecule has 196 valence electrons. The van der Waals surface area contributed by atoms with Crippen LogP contribution in [0, 0.1) is 17.6 Å². The van der Waals surface area contributed by atoms with Gasteiger partial charge in [-0.05, 0) is 55.5 Å². The van der Waals surface area contributed by atoms with Gasteiger partial charge in [0.15, 0.2) is 17.4 Å². The van der Waals surface area contributed by atoms with E-state index in [2.05, 4.69) is 25.1 Å². The first-order valence-corrected chi connectivity index (χ1v) is 12.8. The molecule has 2 atom stereocenters. The number of carbonyl (C=O) groups excluding carboxylic acids is 1. The van der Waals surface area contributed by atoms with Crippen molar-refractivity contribution in [3.05, 3.63) is 54.5 Å². The Balaban J connectivity index is 1.11. The number of halogens is 2. The topological polar surface area (TPSA) is 92.7 Å². The Bertz CT molecular complexity index is 1440. The van der Waals surface area contributed by atoms with Crippen LogP contribution in [-0.2, 0) is 9.53 Å². The average Bonchev–Trinajstić information content (AvgIpc) is 3.70. The third-order valence-corrected chi connectivity index (χ3v) is 8.14. The van der Waals surface area contributed by atoms with Crippen molar-refractivity contribution in [2.45, 2.75) is 36.9 Å². The first kappa shape index (κ1) is 23.3. The molecule has 11 heteroatoms. The number of aldehydes is 1. The Morgan fingerprint density at radius 3 is 2.79 bits per heavy atom. The van der Waals surface area contributed by atoms with Gasteiger partial charge in [-0.25, -0.2) is 19.3 Å². The first-order chi connectivity index (χ1) is 18.5. The molecule has 1 aromatic carbocycles. The van der Waals surface area contributed by atoms with Crippen LogP contribution in [-0.4, -0.2) is 70.1 Å². The van der Waals surface area contributed by atoms with Crippen LogP contribution in [0.25, 0.3) is 11.0 Å². The van der Waals surface area contributed by atoms with Crippen LogP contribution in [0.1, 0.15) is 19.3 Å². The molecule has 8 rings (SSSR count). The number of allylic oxidation sites excluding steroid dienone is 1. The van der Waals surface area contributed by atoms with E-state index in [9.17, 15) is 9.18 Å². The predicted octanol–water partition coefficient (Wildman–Crippen LogP) is 3.58. The predicted molar refractivity (Wildman–Crippen MR) is 135 cm³/mol. The van der Waals surface area contributed by atoms with Gasteiger partial charge >= 0.3 is 0 Å². The molecule has 3 aromatic rings. The first-order valence-electron chi connectivity index (χ1n) is 12.8. The van der Waals surface area contributed by atoms with Crippen LogP contribution < -0.4 is 15.0 Å². The molecule has 6 heterocycles. The van der Waals surface area contributed by atoms with Gasteiger partial charge in [0, 0.05) is 31.4 Å². The Hall–Kier alpha value is -3.86. The zero-order valence-corrected chi connectivity index (χ0v) is 20.5. The minimum Gasteiger partial charge on any atom is -0.487 e. The molecule has 0 amide bonds. The van der Waals surface area contributed by atoms with Crippen LogP contribution in [0.2, 0.25) is 0 Å². The highest BCUT2D eigenvalue weighted by atomic mass is 19.2. The second kappa shape index (κ2) is 8.87. The summed E-state index contributed by atoms with van der Waals surface area (Å²) < 4.78 is 41.3. The number of anilines is 3. The number of piperazine rings is 1. The standard InChI is InChI=1S/C27H26F2N6O3/c28-23-19(2-4-21(24(23)29)37-14-27-9-16(10-27)13-38-27)32-26-25-20(30-15-31-26)3-5-22(33-25)35-12-17-8-18(35)11-34(17)6-1-7-36/h1-7,15-18H,8-14H2,(H,30,31,32)/b6-1+/t16?,17-,18-,27?/m0/s1. The number of nitrogens with zero attached hydrogens (tertiary/aromatic N) is 5. The maximum absolute atomic E-state index is 15.1. The second-order valence-corrected chi connectivity index (χ2v) is 10.6. The van der Waals surface area contributed by atoms with Crippen LogP contribution in [0.5, 0.6) is 5.75 Å². The summed E-state index contributed by atoms with van der Waals surface area (Å²) in [6, 6.07) is 7.18. The van der Waals surface area contributed by atoms with E-state index in [0.29, 0.717) is 29.6 Å². The monoisotopic (exact) mass is 520 g/mol. The van der Waals surface area contributed by atoms with E-state index in [4.69, 9.17) is 14.5 Å². The number of nitrogens with one attached hydrogen (secondary N) is 1. The fraction of sp³-hybridized carbons (Fsp3) is 0.407. The number of hydrogen-bond acceptors (Lipinski definition) is 9. The van der Waals surface area contributed by atoms with Gasteiger partial charge in [0.2, 0.25) is 5.82 Å². The highest BCUT2D eigenvalue weighted by Gasteiger charge is 2.52. The van der Waals surface area contributed by atoms with Gasteiger partial charge in [-0.3, -0.25) is 4.79 Å². The largest absolute Gasteiger partial charge is 0.487 e. The third-order valence-electron chi connectivity index (χ3n) is 8.14. The molecule has 0 radical (unpaired) electrons. The van der Waals surface area contributed by atoms with Gasteiger partial charge in [-0.2, -0.15) is 4.39 Å². The molecule has 4 aliphatic heterocycles. The number of rotatable bonds is 8. The lowest BCUT2D eigenvalue weighted by atomic mass is 9.75. The van der Waals surface area contributed by atoms with Gasteiger partial charge in [-0.1, -0.05) is 0 Å². The van der Waals surface area contributed by atoms with Crippen molar-refractivity contribution in [1.29, 1.82) is 0 Å². The Morgan fingerprint density at radius 1 is 1.13 bits per heavy atom. The number of fused-ring (bicyclic) bond motifs is 4. The molecule has 4 saturated heterocycles. The molecule has 4 bridgehead atoms. The van der Waals surface area contributed by atoms with Crippen LogP contribution >= 0.6 is 0 Å². The van der Waals surface area contributed by atoms with Gasteiger partial charge in [0.25, 0.3) is 0 Å². The van der Waals surface area contributed by atoms with E-state index >= 15 is 4.39 Å². The SMILES string of the molecule is O=C/C=C/N1C[C@@H]2C[C@H]1CN2c1ccc2ncnc(Nc3ccc(OCC45CC(CO4)C5)c(F)c3F)c2n1. The number of aromatic nitrogens is 3. The van der Waals surface area contributed by atoms with E-state index in [1.165, 1.54) is 24.5 Å². The van der Waals surface area contributed by atoms with Crippen LogP contribution in [0.15, 0.2) is 42.9 Å². The summed E-state index contributed by atoms with van der Waals surface area (Å²) in [5.74, 6) is -0.651. The van der Waals surface area contributed by atoms with Crippen molar-refractivity contribution in [1.82, 2.24) is 19.9 Å². The molecule has 1 aliphatic carbocycles. The van der Waals surface area contributed by atoms with Crippen molar-refractivity contribution >= 4 is 34.6 Å². The number of carbonyl (C=O) groups is 1. The fourth-order valence-corrected chi connectivity index (χ4v) is 6.25. The normalized spacial score (nSPS) is 27.4. The highest BCUT2D eigenvalue weighted by molar-refractivity contribution is 5.88. The van der Waals surface area contributed by atoms with Crippen molar-refractivity contribution in [3.63, 3.8) is 0 Å². The molecule has 0 unspecified atom stereocenters. The van der Waals surface area contributed by atoms with E-state index in [1.54, 1.807) is 0 Å². The molecule has 1 N–H and O–H groups in total. The maximum Gasteiger partial charge on any atom is 0.202 e. The van der Waals surface area contributed by atoms with Crippen LogP contribution in [0.4, 0.5) is 26.1 Å². The summed E-state index contributed by atoms with van der Waals surface area (Å²) in [4.78, 5) is 28.5. The molecule has 9 nitrogen and oxygen atoms in total. The van der Waals surface area contributed by atoms with Gasteiger partial charge in [0.05, 0.1) is 17.8 Å². The molecule has 38 heavy (non-hydrogen) atoms. The van der Waals surface area contributed by atoms with E-state index < -0.39 is 11.6 Å². The molecule has 0 spiro atoms. The lowest BCUT2D eigenvalue weighted by Crippen LogP contribution is -2.44. The summed E-state index contributed by atoms with van der Waals surface area (Å²) in [5.41, 5.74) is 0.621. The minimum atomic E-state index is -1.06. The number of benzene rings is 1. The molecule has 2 aromatic heterocycles. The van der Waals surface area contributed by atoms with Gasteiger partial charge in [-0.15, -0.1) is 0 Å². The zero-order chi connectivity index (χ0) is 25.9. The van der Waals surface area contributed by atoms with E-state index in [-0.39, 0.29) is 35.5 Å². The van der Waals surface area contributed by atoms with Gasteiger partial charge in [0.1, 0.15) is 36.2 Å². The van der Waals surface area contributed by atoms with Crippen molar-refractivity contribution in [2.24, 2.45) is 5.92 Å². The average molecular weight is 521 g/mol. The smallest absolute Gasteiger partial charge is 0.202 e. The molecule has 1 saturated carbocycles. The fourth-order valence-electron chi connectivity index (χ4n) is 6.25. The molecule has 5 fully saturated rings. The number of hydrogen-bond donors (Lipinski definition) is 1. The molecule has 5 aliphatic rings. The quantitative estimate of drug-likeness (QED) is 0.353. The lowest BCUT2D eigenvalue weighted by Gasteiger charge is -2.35. The van der Waals surface area contributed by atoms with Crippen molar-refractivity contribution in [2.75, 3.05) is 36.5 Å². The summed E-state index contributed by atoms with van der Waals surface area (Å²) >= 11 is 0. The number of ether oxygens (including phenoxy) is 2. The van der Waals surface area contributed by atoms with Crippen molar-refractivity contribution in [3.8, 4) is 5.75 Å². The Kier molecular flexibility index (Phi) is 5.43. The Labute approximate surface area is 217 Å². The Morgan fingerprint density at radius 2 is 2.03 bits per heavy atom. The lowest BCUT2D eigenvalue weighted by molar-refractivity contribution is -0.104. The summed E-state index contributed by atoms with van der Waals surface area (Å²) in [5, 5.41) is 2.90. The third kappa shape index (κ3) is 3.84. The summed E-state index contributed by atoms with van der Waals surface area (Å²) in [6.07, 6.45) is 8.29. The zero-order valence-electron chi connectivity index (χ0n) is 20.5. The van der Waals surface area contributed by atoms with Crippen molar-refractivity contribution < 1.29 is 23.0 Å². The van der Waals surface area contributed by atoms with Gasteiger partial charge < -0.3 is 24.6 Å². The maximum atomic E-state index is 15.1. The summed E-state index contributed by atoms with van der Waals surface area (Å²) in [7, 11) is 0. The summed E-state index contributed by atoms with van der Waals surface area (Å²) in [6.45, 7) is 2.50. The molecular weight excluding hydrogens is 494 g/mol. The minimum absolute atomic E-state index is 0.0705. The number of likely N-dealkylation sites (tertiary alicyclic amines) is 1. The number of pyridine rings is 1.